The van der Waals surface area contributed by atoms with Crippen LogP contribution in [0.2, 0.25) is 0 Å². The van der Waals surface area contributed by atoms with Gasteiger partial charge in [0.1, 0.15) is 0 Å². The van der Waals surface area contributed by atoms with Gasteiger partial charge in [0.2, 0.25) is 5.82 Å². The number of nitrogens with zero attached hydrogens (tertiary/aromatic N) is 3. The summed E-state index contributed by atoms with van der Waals surface area (Å²) in [7, 11) is -1.53. The van der Waals surface area contributed by atoms with Crippen LogP contribution in [0.4, 0.5) is 0 Å². The minimum absolute atomic E-state index is 0.0107. The quantitative estimate of drug-likeness (QED) is 0.822. The molecule has 2 amide bonds. The zero-order valence-electron chi connectivity index (χ0n) is 15.7. The molecule has 3 heterocycles. The van der Waals surface area contributed by atoms with E-state index in [1.54, 1.807) is 35.8 Å². The highest BCUT2D eigenvalue weighted by molar-refractivity contribution is 7.91. The van der Waals surface area contributed by atoms with Gasteiger partial charge in [-0.1, -0.05) is 13.0 Å². The summed E-state index contributed by atoms with van der Waals surface area (Å²) in [5, 5.41) is 2.87. The largest absolute Gasteiger partial charge is 0.348 e. The van der Waals surface area contributed by atoms with Gasteiger partial charge in [0.15, 0.2) is 15.5 Å². The second-order valence-corrected chi connectivity index (χ2v) is 9.22. The molecular formula is C18H24N4O4S. The number of imidazole rings is 1. The fraction of sp³-hybridized carbons (Fsp3) is 0.500. The molecule has 3 rings (SSSR count). The van der Waals surface area contributed by atoms with E-state index < -0.39 is 15.7 Å². The molecular weight excluding hydrogens is 368 g/mol. The highest BCUT2D eigenvalue weighted by Gasteiger charge is 2.34. The standard InChI is InChI=1S/C18H24N4O4S/c1-4-12(2)19-17(23)15-14-7-5-6-9-22(14)16(20-15)18(24)21(3)13-8-10-27(25,26)11-13/h5-7,9,12-13H,4,8,10-11H2,1-3H3,(H,19,23). The Morgan fingerprint density at radius 1 is 1.41 bits per heavy atom. The van der Waals surface area contributed by atoms with Crippen molar-refractivity contribution in [1.82, 2.24) is 19.6 Å². The minimum Gasteiger partial charge on any atom is -0.348 e. The monoisotopic (exact) mass is 392 g/mol. The Morgan fingerprint density at radius 3 is 2.78 bits per heavy atom. The highest BCUT2D eigenvalue weighted by Crippen LogP contribution is 2.20. The summed E-state index contributed by atoms with van der Waals surface area (Å²) in [6, 6.07) is 4.87. The average molecular weight is 392 g/mol. The van der Waals surface area contributed by atoms with Crippen LogP contribution in [-0.4, -0.2) is 65.2 Å². The van der Waals surface area contributed by atoms with Gasteiger partial charge in [0.05, 0.1) is 17.0 Å². The average Bonchev–Trinajstić information content (AvgIpc) is 3.20. The van der Waals surface area contributed by atoms with Crippen LogP contribution in [0.3, 0.4) is 0 Å². The molecule has 146 valence electrons. The van der Waals surface area contributed by atoms with Crippen molar-refractivity contribution in [2.75, 3.05) is 18.6 Å². The summed E-state index contributed by atoms with van der Waals surface area (Å²) in [5.74, 6) is -0.592. The third-order valence-corrected chi connectivity index (χ3v) is 6.77. The maximum atomic E-state index is 13.0. The van der Waals surface area contributed by atoms with Gasteiger partial charge in [-0.05, 0) is 31.9 Å². The van der Waals surface area contributed by atoms with Crippen LogP contribution in [-0.2, 0) is 9.84 Å². The Morgan fingerprint density at radius 2 is 2.15 bits per heavy atom. The van der Waals surface area contributed by atoms with Crippen molar-refractivity contribution < 1.29 is 18.0 Å². The Hall–Kier alpha value is -2.42. The zero-order chi connectivity index (χ0) is 19.8. The number of pyridine rings is 1. The molecule has 1 saturated heterocycles. The Bertz CT molecular complexity index is 982. The van der Waals surface area contributed by atoms with E-state index in [4.69, 9.17) is 0 Å². The first kappa shape index (κ1) is 19.3. The lowest BCUT2D eigenvalue weighted by atomic mass is 10.2. The molecule has 1 N–H and O–H groups in total. The predicted molar refractivity (Wildman–Crippen MR) is 102 cm³/mol. The fourth-order valence-electron chi connectivity index (χ4n) is 3.15. The molecule has 0 aromatic carbocycles. The van der Waals surface area contributed by atoms with E-state index in [1.807, 2.05) is 13.8 Å². The fourth-order valence-corrected chi connectivity index (χ4v) is 4.93. The van der Waals surface area contributed by atoms with E-state index in [9.17, 15) is 18.0 Å². The maximum absolute atomic E-state index is 13.0. The van der Waals surface area contributed by atoms with Crippen LogP contribution in [0.15, 0.2) is 24.4 Å². The van der Waals surface area contributed by atoms with Crippen LogP contribution in [0.25, 0.3) is 5.52 Å². The summed E-state index contributed by atoms with van der Waals surface area (Å²) in [4.78, 5) is 31.3. The van der Waals surface area contributed by atoms with E-state index in [-0.39, 0.29) is 41.0 Å². The third-order valence-electron chi connectivity index (χ3n) is 5.02. The van der Waals surface area contributed by atoms with Crippen molar-refractivity contribution in [3.8, 4) is 0 Å². The molecule has 1 aliphatic rings. The van der Waals surface area contributed by atoms with Crippen LogP contribution < -0.4 is 5.32 Å². The second-order valence-electron chi connectivity index (χ2n) is 7.00. The zero-order valence-corrected chi connectivity index (χ0v) is 16.5. The predicted octanol–water partition coefficient (Wildman–Crippen LogP) is 1.12. The topological polar surface area (TPSA) is 101 Å². The molecule has 1 aliphatic heterocycles. The third kappa shape index (κ3) is 3.83. The van der Waals surface area contributed by atoms with E-state index in [2.05, 4.69) is 10.3 Å². The molecule has 0 aliphatic carbocycles. The lowest BCUT2D eigenvalue weighted by molar-refractivity contribution is 0.0734. The lowest BCUT2D eigenvalue weighted by Crippen LogP contribution is -2.38. The molecule has 9 heteroatoms. The SMILES string of the molecule is CCC(C)NC(=O)c1nc(C(=O)N(C)C2CCS(=O)(=O)C2)n2ccccc12. The number of rotatable bonds is 5. The molecule has 27 heavy (non-hydrogen) atoms. The number of carbonyl (C=O) groups excluding carboxylic acids is 2. The van der Waals surface area contributed by atoms with Crippen LogP contribution in [0, 0.1) is 0 Å². The first-order chi connectivity index (χ1) is 12.7. The molecule has 2 aromatic rings. The van der Waals surface area contributed by atoms with Gasteiger partial charge < -0.3 is 10.2 Å². The number of hydrogen-bond acceptors (Lipinski definition) is 5. The smallest absolute Gasteiger partial charge is 0.290 e. The van der Waals surface area contributed by atoms with Gasteiger partial charge in [-0.2, -0.15) is 0 Å². The molecule has 8 nitrogen and oxygen atoms in total. The molecule has 2 unspecified atom stereocenters. The van der Waals surface area contributed by atoms with Gasteiger partial charge >= 0.3 is 0 Å². The number of nitrogens with one attached hydrogen (secondary N) is 1. The summed E-state index contributed by atoms with van der Waals surface area (Å²) in [6.07, 6.45) is 2.87. The van der Waals surface area contributed by atoms with Crippen molar-refractivity contribution >= 4 is 27.2 Å². The lowest BCUT2D eigenvalue weighted by Gasteiger charge is -2.22. The van der Waals surface area contributed by atoms with Gasteiger partial charge in [0, 0.05) is 25.3 Å². The summed E-state index contributed by atoms with van der Waals surface area (Å²) in [5.41, 5.74) is 0.723. The van der Waals surface area contributed by atoms with Crippen molar-refractivity contribution in [3.63, 3.8) is 0 Å². The number of fused-ring (bicyclic) bond motifs is 1. The number of aromatic nitrogens is 2. The molecule has 0 saturated carbocycles. The first-order valence-electron chi connectivity index (χ1n) is 8.99. The number of hydrogen-bond donors (Lipinski definition) is 1. The molecule has 0 spiro atoms. The van der Waals surface area contributed by atoms with Gasteiger partial charge in [-0.3, -0.25) is 14.0 Å². The summed E-state index contributed by atoms with van der Waals surface area (Å²) < 4.78 is 25.0. The first-order valence-corrected chi connectivity index (χ1v) is 10.8. The second kappa shape index (κ2) is 7.30. The number of carbonyl (C=O) groups is 2. The minimum atomic E-state index is -3.11. The summed E-state index contributed by atoms with van der Waals surface area (Å²) in [6.45, 7) is 3.87. The van der Waals surface area contributed by atoms with Gasteiger partial charge in [-0.15, -0.1) is 0 Å². The highest BCUT2D eigenvalue weighted by atomic mass is 32.2. The van der Waals surface area contributed by atoms with Crippen LogP contribution >= 0.6 is 0 Å². The normalized spacial score (nSPS) is 19.7. The van der Waals surface area contributed by atoms with Crippen molar-refractivity contribution in [3.05, 3.63) is 35.9 Å². The molecule has 1 fully saturated rings. The number of sulfone groups is 1. The van der Waals surface area contributed by atoms with E-state index >= 15 is 0 Å². The van der Waals surface area contributed by atoms with Gasteiger partial charge in [-0.25, -0.2) is 13.4 Å². The van der Waals surface area contributed by atoms with Crippen molar-refractivity contribution in [1.29, 1.82) is 0 Å². The van der Waals surface area contributed by atoms with Crippen LogP contribution in [0.1, 0.15) is 47.8 Å². The van der Waals surface area contributed by atoms with Crippen molar-refractivity contribution in [2.24, 2.45) is 0 Å². The summed E-state index contributed by atoms with van der Waals surface area (Å²) >= 11 is 0. The Kier molecular flexibility index (Phi) is 5.23. The molecule has 0 radical (unpaired) electrons. The molecule has 2 atom stereocenters. The van der Waals surface area contributed by atoms with Gasteiger partial charge in [0.25, 0.3) is 11.8 Å². The number of amides is 2. The van der Waals surface area contributed by atoms with Crippen LogP contribution in [0.5, 0.6) is 0 Å². The Labute approximate surface area is 158 Å². The maximum Gasteiger partial charge on any atom is 0.290 e. The van der Waals surface area contributed by atoms with E-state index in [1.165, 1.54) is 4.90 Å². The van der Waals surface area contributed by atoms with E-state index in [0.717, 1.165) is 6.42 Å². The Balaban J connectivity index is 1.95. The van der Waals surface area contributed by atoms with E-state index in [0.29, 0.717) is 11.9 Å². The molecule has 0 bridgehead atoms. The molecule has 2 aromatic heterocycles. The van der Waals surface area contributed by atoms with Crippen molar-refractivity contribution in [2.45, 2.75) is 38.8 Å².